The summed E-state index contributed by atoms with van der Waals surface area (Å²) >= 11 is 0. The van der Waals surface area contributed by atoms with Crippen molar-refractivity contribution < 1.29 is 4.52 Å². The average molecular weight is 260 g/mol. The lowest BCUT2D eigenvalue weighted by atomic mass is 9.98. The first kappa shape index (κ1) is 13.7. The molecule has 1 atom stereocenters. The van der Waals surface area contributed by atoms with Gasteiger partial charge in [-0.05, 0) is 39.3 Å². The maximum atomic E-state index is 6.19. The topological polar surface area (TPSA) is 77.8 Å². The Kier molecular flexibility index (Phi) is 3.66. The first-order valence-electron chi connectivity index (χ1n) is 6.51. The molecule has 0 saturated heterocycles. The third kappa shape index (κ3) is 2.98. The van der Waals surface area contributed by atoms with Crippen molar-refractivity contribution in [3.8, 4) is 11.4 Å². The van der Waals surface area contributed by atoms with Gasteiger partial charge in [-0.2, -0.15) is 4.98 Å². The van der Waals surface area contributed by atoms with Crippen LogP contribution in [0.5, 0.6) is 0 Å². The summed E-state index contributed by atoms with van der Waals surface area (Å²) in [6, 6.07) is 3.88. The zero-order chi connectivity index (χ0) is 14.0. The number of pyridine rings is 1. The van der Waals surface area contributed by atoms with Crippen molar-refractivity contribution >= 4 is 0 Å². The van der Waals surface area contributed by atoms with E-state index in [2.05, 4.69) is 22.0 Å². The van der Waals surface area contributed by atoms with E-state index in [-0.39, 0.29) is 0 Å². The molecule has 19 heavy (non-hydrogen) atoms. The van der Waals surface area contributed by atoms with E-state index in [9.17, 15) is 0 Å². The standard InChI is InChI=1S/C14H20N4O/c1-5-6-14(4,15)13-17-12(18-19-13)11-7-9(2)16-10(3)8-11/h7-8H,5-6,15H2,1-4H3. The first-order valence-corrected chi connectivity index (χ1v) is 6.51. The highest BCUT2D eigenvalue weighted by Gasteiger charge is 2.27. The molecule has 5 nitrogen and oxygen atoms in total. The molecule has 5 heteroatoms. The summed E-state index contributed by atoms with van der Waals surface area (Å²) in [6.45, 7) is 7.89. The van der Waals surface area contributed by atoms with Crippen LogP contribution in [-0.2, 0) is 5.54 Å². The molecular formula is C14H20N4O. The van der Waals surface area contributed by atoms with Crippen LogP contribution in [0.25, 0.3) is 11.4 Å². The van der Waals surface area contributed by atoms with E-state index < -0.39 is 5.54 Å². The van der Waals surface area contributed by atoms with Gasteiger partial charge in [-0.1, -0.05) is 18.5 Å². The predicted molar refractivity (Wildman–Crippen MR) is 73.5 cm³/mol. The first-order chi connectivity index (χ1) is 8.92. The highest BCUT2D eigenvalue weighted by atomic mass is 16.5. The number of nitrogens with two attached hydrogens (primary N) is 1. The van der Waals surface area contributed by atoms with E-state index in [1.807, 2.05) is 32.9 Å². The number of aromatic nitrogens is 3. The molecular weight excluding hydrogens is 240 g/mol. The van der Waals surface area contributed by atoms with Crippen molar-refractivity contribution in [2.45, 2.75) is 46.1 Å². The third-order valence-corrected chi connectivity index (χ3v) is 3.02. The molecule has 2 rings (SSSR count). The van der Waals surface area contributed by atoms with Crippen molar-refractivity contribution in [3.05, 3.63) is 29.4 Å². The lowest BCUT2D eigenvalue weighted by Crippen LogP contribution is -2.33. The van der Waals surface area contributed by atoms with Crippen molar-refractivity contribution in [1.29, 1.82) is 0 Å². The summed E-state index contributed by atoms with van der Waals surface area (Å²) in [7, 11) is 0. The second kappa shape index (κ2) is 5.09. The van der Waals surface area contributed by atoms with E-state index in [1.54, 1.807) is 0 Å². The normalized spacial score (nSPS) is 14.4. The van der Waals surface area contributed by atoms with Gasteiger partial charge in [0.25, 0.3) is 0 Å². The second-order valence-corrected chi connectivity index (χ2v) is 5.23. The van der Waals surface area contributed by atoms with Gasteiger partial charge in [0.15, 0.2) is 0 Å². The number of rotatable bonds is 4. The zero-order valence-electron chi connectivity index (χ0n) is 11.9. The molecule has 0 radical (unpaired) electrons. The average Bonchev–Trinajstić information content (AvgIpc) is 2.77. The fourth-order valence-electron chi connectivity index (χ4n) is 2.16. The van der Waals surface area contributed by atoms with Gasteiger partial charge in [-0.15, -0.1) is 0 Å². The minimum Gasteiger partial charge on any atom is -0.337 e. The number of hydrogen-bond acceptors (Lipinski definition) is 5. The Hall–Kier alpha value is -1.75. The quantitative estimate of drug-likeness (QED) is 0.914. The molecule has 0 fully saturated rings. The van der Waals surface area contributed by atoms with Crippen LogP contribution in [0.2, 0.25) is 0 Å². The van der Waals surface area contributed by atoms with Crippen LogP contribution in [0.4, 0.5) is 0 Å². The Morgan fingerprint density at radius 3 is 2.42 bits per heavy atom. The Balaban J connectivity index is 2.35. The number of hydrogen-bond donors (Lipinski definition) is 1. The second-order valence-electron chi connectivity index (χ2n) is 5.23. The van der Waals surface area contributed by atoms with Gasteiger partial charge >= 0.3 is 0 Å². The van der Waals surface area contributed by atoms with Crippen LogP contribution in [0.1, 0.15) is 44.0 Å². The van der Waals surface area contributed by atoms with Gasteiger partial charge in [0.2, 0.25) is 11.7 Å². The zero-order valence-corrected chi connectivity index (χ0v) is 11.9. The minimum atomic E-state index is -0.572. The monoisotopic (exact) mass is 260 g/mol. The SMILES string of the molecule is CCCC(C)(N)c1nc(-c2cc(C)nc(C)c2)no1. The molecule has 102 valence electrons. The Morgan fingerprint density at radius 2 is 1.84 bits per heavy atom. The van der Waals surface area contributed by atoms with Crippen LogP contribution < -0.4 is 5.73 Å². The fraction of sp³-hybridized carbons (Fsp3) is 0.500. The van der Waals surface area contributed by atoms with Gasteiger partial charge in [0.1, 0.15) is 0 Å². The van der Waals surface area contributed by atoms with E-state index in [0.717, 1.165) is 29.8 Å². The largest absolute Gasteiger partial charge is 0.337 e. The van der Waals surface area contributed by atoms with Gasteiger partial charge in [-0.25, -0.2) is 0 Å². The summed E-state index contributed by atoms with van der Waals surface area (Å²) < 4.78 is 5.31. The summed E-state index contributed by atoms with van der Waals surface area (Å²) in [6.07, 6.45) is 1.78. The minimum absolute atomic E-state index is 0.483. The lowest BCUT2D eigenvalue weighted by Gasteiger charge is -2.18. The molecule has 0 bridgehead atoms. The van der Waals surface area contributed by atoms with Crippen molar-refractivity contribution in [2.75, 3.05) is 0 Å². The number of nitrogens with zero attached hydrogens (tertiary/aromatic N) is 3. The molecule has 0 saturated carbocycles. The van der Waals surface area contributed by atoms with Crippen molar-refractivity contribution in [3.63, 3.8) is 0 Å². The summed E-state index contributed by atoms with van der Waals surface area (Å²) in [5, 5.41) is 4.02. The molecule has 2 heterocycles. The van der Waals surface area contributed by atoms with E-state index in [0.29, 0.717) is 11.7 Å². The van der Waals surface area contributed by atoms with Gasteiger partial charge in [0, 0.05) is 17.0 Å². The number of aryl methyl sites for hydroxylation is 2. The lowest BCUT2D eigenvalue weighted by molar-refractivity contribution is 0.284. The molecule has 2 N–H and O–H groups in total. The van der Waals surface area contributed by atoms with Crippen molar-refractivity contribution in [2.24, 2.45) is 5.73 Å². The van der Waals surface area contributed by atoms with Gasteiger partial charge < -0.3 is 10.3 Å². The van der Waals surface area contributed by atoms with E-state index >= 15 is 0 Å². The van der Waals surface area contributed by atoms with Gasteiger partial charge in [-0.3, -0.25) is 4.98 Å². The maximum Gasteiger partial charge on any atom is 0.246 e. The summed E-state index contributed by atoms with van der Waals surface area (Å²) in [4.78, 5) is 8.76. The predicted octanol–water partition coefficient (Wildman–Crippen LogP) is 2.72. The van der Waals surface area contributed by atoms with Crippen LogP contribution >= 0.6 is 0 Å². The Bertz CT molecular complexity index is 554. The fourth-order valence-corrected chi connectivity index (χ4v) is 2.16. The molecule has 2 aromatic rings. The van der Waals surface area contributed by atoms with Gasteiger partial charge in [0.05, 0.1) is 5.54 Å². The highest BCUT2D eigenvalue weighted by Crippen LogP contribution is 2.24. The third-order valence-electron chi connectivity index (χ3n) is 3.02. The van der Waals surface area contributed by atoms with Crippen LogP contribution in [0, 0.1) is 13.8 Å². The molecule has 0 amide bonds. The van der Waals surface area contributed by atoms with Crippen molar-refractivity contribution in [1.82, 2.24) is 15.1 Å². The molecule has 2 aromatic heterocycles. The Labute approximate surface area is 113 Å². The Morgan fingerprint density at radius 1 is 1.21 bits per heavy atom. The highest BCUT2D eigenvalue weighted by molar-refractivity contribution is 5.55. The molecule has 0 spiro atoms. The molecule has 0 aromatic carbocycles. The van der Waals surface area contributed by atoms with Crippen LogP contribution in [0.3, 0.4) is 0 Å². The van der Waals surface area contributed by atoms with Crippen LogP contribution in [-0.4, -0.2) is 15.1 Å². The maximum absolute atomic E-state index is 6.19. The molecule has 0 aliphatic carbocycles. The summed E-state index contributed by atoms with van der Waals surface area (Å²) in [5.74, 6) is 1.05. The molecule has 0 aliphatic rings. The summed E-state index contributed by atoms with van der Waals surface area (Å²) in [5.41, 5.74) is 8.40. The van der Waals surface area contributed by atoms with E-state index in [4.69, 9.17) is 10.3 Å². The van der Waals surface area contributed by atoms with E-state index in [1.165, 1.54) is 0 Å². The molecule has 1 unspecified atom stereocenters. The molecule has 0 aliphatic heterocycles. The van der Waals surface area contributed by atoms with Crippen LogP contribution in [0.15, 0.2) is 16.7 Å². The smallest absolute Gasteiger partial charge is 0.246 e.